The van der Waals surface area contributed by atoms with Gasteiger partial charge in [0.25, 0.3) is 5.91 Å². The van der Waals surface area contributed by atoms with Crippen molar-refractivity contribution < 1.29 is 19.1 Å². The molecule has 0 saturated carbocycles. The molecule has 30 heavy (non-hydrogen) atoms. The van der Waals surface area contributed by atoms with Gasteiger partial charge in [-0.3, -0.25) is 14.4 Å². The second kappa shape index (κ2) is 9.89. The van der Waals surface area contributed by atoms with E-state index in [-0.39, 0.29) is 29.7 Å². The maximum Gasteiger partial charge on any atom is 0.252 e. The zero-order valence-electron chi connectivity index (χ0n) is 17.7. The quantitative estimate of drug-likeness (QED) is 0.478. The van der Waals surface area contributed by atoms with Crippen LogP contribution < -0.4 is 10.6 Å². The van der Waals surface area contributed by atoms with Crippen molar-refractivity contribution in [2.75, 3.05) is 13.1 Å². The van der Waals surface area contributed by atoms with Crippen LogP contribution >= 0.6 is 0 Å². The van der Waals surface area contributed by atoms with Gasteiger partial charge in [-0.05, 0) is 30.7 Å². The third-order valence-corrected chi connectivity index (χ3v) is 5.46. The average Bonchev–Trinajstić information content (AvgIpc) is 3.39. The minimum absolute atomic E-state index is 0.176. The third-order valence-electron chi connectivity index (χ3n) is 5.46. The first-order valence-electron chi connectivity index (χ1n) is 10.6. The monoisotopic (exact) mass is 413 g/mol. The Labute approximate surface area is 177 Å². The lowest BCUT2D eigenvalue weighted by Crippen LogP contribution is -2.54. The fraction of sp³-hybridized carbons (Fsp3) is 0.522. The average molecular weight is 414 g/mol. The first kappa shape index (κ1) is 22.0. The molecule has 4 atom stereocenters. The van der Waals surface area contributed by atoms with Gasteiger partial charge in [0.15, 0.2) is 6.10 Å². The van der Waals surface area contributed by atoms with E-state index in [2.05, 4.69) is 17.2 Å². The molecule has 7 nitrogen and oxygen atoms in total. The van der Waals surface area contributed by atoms with Crippen molar-refractivity contribution in [3.8, 4) is 0 Å². The molecule has 162 valence electrons. The molecular formula is C23H31N3O4. The molecule has 2 aliphatic heterocycles. The fourth-order valence-corrected chi connectivity index (χ4v) is 3.95. The number of carbonyl (C=O) groups excluding carboxylic acids is 3. The van der Waals surface area contributed by atoms with Gasteiger partial charge in [-0.25, -0.2) is 0 Å². The Morgan fingerprint density at radius 2 is 1.97 bits per heavy atom. The van der Waals surface area contributed by atoms with Gasteiger partial charge in [-0.2, -0.15) is 0 Å². The summed E-state index contributed by atoms with van der Waals surface area (Å²) in [5, 5.41) is 5.66. The number of carbonyl (C=O) groups is 3. The summed E-state index contributed by atoms with van der Waals surface area (Å²) in [6.07, 6.45) is 2.65. The standard InChI is InChI=1S/C23H31N3O4/c1-4-12-24-21(27)18-11-8-13-26(18)23(29)17(14-15(2)3)25-22(28)20-19(30-20)16-9-6-5-7-10-16/h4-7,9-10,15,17-20H,1,8,11-14H2,2-3H3,(H,24,27)(H,25,28)/t17-,18-,19+,20-/m0/s1. The minimum atomic E-state index is -0.675. The highest BCUT2D eigenvalue weighted by Gasteiger charge is 2.47. The van der Waals surface area contributed by atoms with Crippen LogP contribution in [0.15, 0.2) is 43.0 Å². The van der Waals surface area contributed by atoms with E-state index in [1.54, 1.807) is 11.0 Å². The van der Waals surface area contributed by atoms with Crippen molar-refractivity contribution in [2.24, 2.45) is 5.92 Å². The van der Waals surface area contributed by atoms with Crippen molar-refractivity contribution >= 4 is 17.7 Å². The molecule has 3 amide bonds. The number of nitrogens with zero attached hydrogens (tertiary/aromatic N) is 1. The molecule has 3 rings (SSSR count). The van der Waals surface area contributed by atoms with Crippen molar-refractivity contribution in [3.05, 3.63) is 48.6 Å². The number of hydrogen-bond donors (Lipinski definition) is 2. The topological polar surface area (TPSA) is 91.0 Å². The highest BCUT2D eigenvalue weighted by molar-refractivity contribution is 5.94. The summed E-state index contributed by atoms with van der Waals surface area (Å²) in [5.41, 5.74) is 0.947. The van der Waals surface area contributed by atoms with Crippen LogP contribution in [0.2, 0.25) is 0 Å². The molecule has 0 spiro atoms. The van der Waals surface area contributed by atoms with E-state index >= 15 is 0 Å². The van der Waals surface area contributed by atoms with E-state index in [0.29, 0.717) is 25.9 Å². The highest BCUT2D eigenvalue weighted by Crippen LogP contribution is 2.38. The number of epoxide rings is 1. The lowest BCUT2D eigenvalue weighted by atomic mass is 10.0. The van der Waals surface area contributed by atoms with Crippen LogP contribution in [0.5, 0.6) is 0 Å². The Balaban J connectivity index is 1.65. The predicted octanol–water partition coefficient (Wildman–Crippen LogP) is 1.95. The number of nitrogens with one attached hydrogen (secondary N) is 2. The number of amides is 3. The van der Waals surface area contributed by atoms with Crippen molar-refractivity contribution in [2.45, 2.75) is 57.4 Å². The van der Waals surface area contributed by atoms with Crippen LogP contribution in [-0.2, 0) is 19.1 Å². The summed E-state index contributed by atoms with van der Waals surface area (Å²) in [6.45, 7) is 8.49. The summed E-state index contributed by atoms with van der Waals surface area (Å²) < 4.78 is 5.57. The molecule has 2 aliphatic rings. The van der Waals surface area contributed by atoms with Crippen LogP contribution in [0, 0.1) is 5.92 Å². The van der Waals surface area contributed by atoms with Gasteiger partial charge < -0.3 is 20.3 Å². The van der Waals surface area contributed by atoms with Crippen molar-refractivity contribution in [3.63, 3.8) is 0 Å². The van der Waals surface area contributed by atoms with Gasteiger partial charge in [0, 0.05) is 13.1 Å². The smallest absolute Gasteiger partial charge is 0.252 e. The molecule has 0 aliphatic carbocycles. The number of hydrogen-bond acceptors (Lipinski definition) is 4. The summed E-state index contributed by atoms with van der Waals surface area (Å²) >= 11 is 0. The first-order valence-corrected chi connectivity index (χ1v) is 10.6. The van der Waals surface area contributed by atoms with Crippen LogP contribution in [0.4, 0.5) is 0 Å². The van der Waals surface area contributed by atoms with Gasteiger partial charge in [0.2, 0.25) is 11.8 Å². The van der Waals surface area contributed by atoms with Crippen molar-refractivity contribution in [1.29, 1.82) is 0 Å². The van der Waals surface area contributed by atoms with E-state index in [9.17, 15) is 14.4 Å². The largest absolute Gasteiger partial charge is 0.354 e. The fourth-order valence-electron chi connectivity index (χ4n) is 3.95. The van der Waals surface area contributed by atoms with E-state index in [0.717, 1.165) is 12.0 Å². The van der Waals surface area contributed by atoms with Gasteiger partial charge >= 0.3 is 0 Å². The number of ether oxygens (including phenoxy) is 1. The Hall–Kier alpha value is -2.67. The molecule has 7 heteroatoms. The van der Waals surface area contributed by atoms with Crippen molar-refractivity contribution in [1.82, 2.24) is 15.5 Å². The van der Waals surface area contributed by atoms with Gasteiger partial charge in [0.1, 0.15) is 18.2 Å². The van der Waals surface area contributed by atoms with Gasteiger partial charge in [-0.1, -0.05) is 50.3 Å². The number of benzene rings is 1. The molecule has 1 aromatic carbocycles. The van der Waals surface area contributed by atoms with Crippen LogP contribution in [0.25, 0.3) is 0 Å². The Morgan fingerprint density at radius 3 is 2.63 bits per heavy atom. The SMILES string of the molecule is C=CCNC(=O)[C@@H]1CCCN1C(=O)[C@H](CC(C)C)NC(=O)[C@H]1O[C@@H]1c1ccccc1. The normalized spacial score (nSPS) is 23.7. The van der Waals surface area contributed by atoms with Crippen LogP contribution in [0.3, 0.4) is 0 Å². The summed E-state index contributed by atoms with van der Waals surface area (Å²) in [5.74, 6) is -0.454. The Kier molecular flexibility index (Phi) is 7.26. The molecule has 2 N–H and O–H groups in total. The van der Waals surface area contributed by atoms with Crippen LogP contribution in [-0.4, -0.2) is 53.9 Å². The molecule has 0 unspecified atom stereocenters. The molecule has 2 fully saturated rings. The van der Waals surface area contributed by atoms with E-state index in [1.165, 1.54) is 0 Å². The molecule has 2 saturated heterocycles. The molecule has 0 radical (unpaired) electrons. The maximum atomic E-state index is 13.3. The number of rotatable bonds is 9. The lowest BCUT2D eigenvalue weighted by molar-refractivity contribution is -0.141. The van der Waals surface area contributed by atoms with Gasteiger partial charge in [-0.15, -0.1) is 6.58 Å². The second-order valence-corrected chi connectivity index (χ2v) is 8.30. The Morgan fingerprint density at radius 1 is 1.23 bits per heavy atom. The molecular weight excluding hydrogens is 382 g/mol. The number of likely N-dealkylation sites (tertiary alicyclic amines) is 1. The molecule has 0 bridgehead atoms. The summed E-state index contributed by atoms with van der Waals surface area (Å²) in [7, 11) is 0. The summed E-state index contributed by atoms with van der Waals surface area (Å²) in [6, 6.07) is 8.39. The second-order valence-electron chi connectivity index (χ2n) is 8.30. The zero-order valence-corrected chi connectivity index (χ0v) is 17.7. The molecule has 2 heterocycles. The maximum absolute atomic E-state index is 13.3. The van der Waals surface area contributed by atoms with Crippen LogP contribution in [0.1, 0.15) is 44.8 Å². The van der Waals surface area contributed by atoms with E-state index in [4.69, 9.17) is 4.74 Å². The third kappa shape index (κ3) is 5.27. The Bertz CT molecular complexity index is 780. The zero-order chi connectivity index (χ0) is 21.7. The highest BCUT2D eigenvalue weighted by atomic mass is 16.6. The summed E-state index contributed by atoms with van der Waals surface area (Å²) in [4.78, 5) is 40.1. The predicted molar refractivity (Wildman–Crippen MR) is 113 cm³/mol. The minimum Gasteiger partial charge on any atom is -0.354 e. The molecule has 1 aromatic rings. The van der Waals surface area contributed by atoms with Gasteiger partial charge in [0.05, 0.1) is 0 Å². The molecule has 0 aromatic heterocycles. The first-order chi connectivity index (χ1) is 14.4. The lowest BCUT2D eigenvalue weighted by Gasteiger charge is -2.29. The van der Waals surface area contributed by atoms with E-state index < -0.39 is 18.2 Å². The van der Waals surface area contributed by atoms with E-state index in [1.807, 2.05) is 44.2 Å².